The highest BCUT2D eigenvalue weighted by Gasteiger charge is 2.20. The number of allylic oxidation sites excluding steroid dienone is 7. The van der Waals surface area contributed by atoms with Crippen molar-refractivity contribution < 1.29 is 0 Å². The number of nitrogens with zero attached hydrogens (tertiary/aromatic N) is 4. The van der Waals surface area contributed by atoms with Crippen LogP contribution in [0.5, 0.6) is 0 Å². The summed E-state index contributed by atoms with van der Waals surface area (Å²) < 4.78 is 4.70. The topological polar surface area (TPSA) is 35.6 Å². The number of aromatic nitrogens is 4. The molecule has 0 radical (unpaired) electrons. The Morgan fingerprint density at radius 1 is 0.633 bits per heavy atom. The normalized spacial score (nSPS) is 13.6. The first-order valence-corrected chi connectivity index (χ1v) is 20.8. The summed E-state index contributed by atoms with van der Waals surface area (Å²) in [5, 5.41) is 1.22. The van der Waals surface area contributed by atoms with Crippen LogP contribution in [0, 0.1) is 6.92 Å². The Kier molecular flexibility index (Phi) is 11.6. The van der Waals surface area contributed by atoms with E-state index in [9.17, 15) is 0 Å². The number of hydrogen-bond acceptors (Lipinski definition) is 2. The highest BCUT2D eigenvalue weighted by molar-refractivity contribution is 5.98. The van der Waals surface area contributed by atoms with E-state index < -0.39 is 0 Å². The second kappa shape index (κ2) is 17.7. The van der Waals surface area contributed by atoms with E-state index in [1.807, 2.05) is 57.7 Å². The van der Waals surface area contributed by atoms with E-state index in [0.29, 0.717) is 0 Å². The molecular formula is C56H50N4. The van der Waals surface area contributed by atoms with Crippen LogP contribution in [0.3, 0.4) is 0 Å². The summed E-state index contributed by atoms with van der Waals surface area (Å²) in [6.07, 6.45) is 23.1. The lowest BCUT2D eigenvalue weighted by Crippen LogP contribution is -2.00. The molecule has 8 aromatic rings. The maximum Gasteiger partial charge on any atom is 0.0550 e. The Morgan fingerprint density at radius 3 is 1.77 bits per heavy atom. The van der Waals surface area contributed by atoms with Crippen LogP contribution in [0.25, 0.3) is 73.6 Å². The molecule has 4 aromatic heterocycles. The first-order chi connectivity index (χ1) is 29.4. The Balaban J connectivity index is 0.00000246. The van der Waals surface area contributed by atoms with E-state index in [0.717, 1.165) is 50.6 Å². The Morgan fingerprint density at radius 2 is 1.22 bits per heavy atom. The Labute approximate surface area is 354 Å². The minimum atomic E-state index is 0.182. The van der Waals surface area contributed by atoms with Gasteiger partial charge in [-0.2, -0.15) is 0 Å². The molecule has 294 valence electrons. The monoisotopic (exact) mass is 778 g/mol. The van der Waals surface area contributed by atoms with Gasteiger partial charge in [-0.3, -0.25) is 9.97 Å². The molecule has 1 atom stereocenters. The number of aryl methyl sites for hydroxylation is 1. The number of fused-ring (bicyclic) bond motifs is 3. The second-order valence-electron chi connectivity index (χ2n) is 15.0. The predicted octanol–water partition coefficient (Wildman–Crippen LogP) is 14.9. The molecule has 0 amide bonds. The van der Waals surface area contributed by atoms with Crippen molar-refractivity contribution in [3.05, 3.63) is 223 Å². The quantitative estimate of drug-likeness (QED) is 0.137. The summed E-state index contributed by atoms with van der Waals surface area (Å²) in [6, 6.07) is 46.0. The van der Waals surface area contributed by atoms with Crippen LogP contribution in [0.15, 0.2) is 195 Å². The molecule has 4 heteroatoms. The summed E-state index contributed by atoms with van der Waals surface area (Å²) in [5.41, 5.74) is 18.3. The highest BCUT2D eigenvalue weighted by atomic mass is 15.0. The van der Waals surface area contributed by atoms with Gasteiger partial charge in [0.05, 0.1) is 22.6 Å². The maximum atomic E-state index is 4.41. The molecule has 0 bridgehead atoms. The lowest BCUT2D eigenvalue weighted by molar-refractivity contribution is 1.08. The summed E-state index contributed by atoms with van der Waals surface area (Å²) in [5.74, 6) is 0.182. The number of rotatable bonds is 9. The fourth-order valence-electron chi connectivity index (χ4n) is 7.99. The summed E-state index contributed by atoms with van der Waals surface area (Å²) in [6.45, 7) is 14.3. The number of benzene rings is 4. The summed E-state index contributed by atoms with van der Waals surface area (Å²) >= 11 is 0. The SMILES string of the molecule is C=C(C)/C=C\C(=C/C)c1ccc2c(c1)c1c(n2-c2ccc(-c3ccc(-n4c(-c5cccnc5)ccc4-c4cccnc4)cc3)cc2)C=CC(c2ccc(C)cc2)C=C1.CC. The molecule has 4 heterocycles. The van der Waals surface area contributed by atoms with Crippen molar-refractivity contribution in [1.29, 1.82) is 0 Å². The van der Waals surface area contributed by atoms with Crippen LogP contribution >= 0.6 is 0 Å². The molecule has 4 nitrogen and oxygen atoms in total. The molecular weight excluding hydrogens is 729 g/mol. The summed E-state index contributed by atoms with van der Waals surface area (Å²) in [4.78, 5) is 8.81. The van der Waals surface area contributed by atoms with Crippen molar-refractivity contribution in [2.45, 2.75) is 40.5 Å². The molecule has 1 unspecified atom stereocenters. The fraction of sp³-hybridized carbons (Fsp3) is 0.107. The lowest BCUT2D eigenvalue weighted by Gasteiger charge is -2.15. The van der Waals surface area contributed by atoms with Gasteiger partial charge >= 0.3 is 0 Å². The molecule has 0 saturated carbocycles. The van der Waals surface area contributed by atoms with Gasteiger partial charge in [0.1, 0.15) is 0 Å². The molecule has 1 aliphatic rings. The van der Waals surface area contributed by atoms with Gasteiger partial charge in [-0.25, -0.2) is 0 Å². The standard InChI is InChI=1S/C54H44N4.C2H6/c1-5-39(13-10-37(2)3)44-22-29-54-50(34-44)49-27-20-43(40-14-11-38(4)12-15-40)21-28-53(49)58(54)48-25-18-42(19-26-48)41-16-23-47(24-17-41)57-51(45-8-6-32-55-35-45)30-31-52(57)46-9-7-33-56-36-46;1-2/h5-36,43H,2H2,1,3-4H3;1-2H3/b13-10-,39-5+;. The minimum absolute atomic E-state index is 0.182. The average Bonchev–Trinajstić information content (AvgIpc) is 3.80. The molecule has 0 spiro atoms. The van der Waals surface area contributed by atoms with Crippen LogP contribution in [0.1, 0.15) is 61.6 Å². The minimum Gasteiger partial charge on any atom is -0.309 e. The second-order valence-corrected chi connectivity index (χ2v) is 15.0. The zero-order valence-electron chi connectivity index (χ0n) is 35.0. The molecule has 0 saturated heterocycles. The molecule has 0 aliphatic heterocycles. The third kappa shape index (κ3) is 7.93. The van der Waals surface area contributed by atoms with Gasteiger partial charge in [-0.15, -0.1) is 0 Å². The van der Waals surface area contributed by atoms with Gasteiger partial charge in [0.2, 0.25) is 0 Å². The summed E-state index contributed by atoms with van der Waals surface area (Å²) in [7, 11) is 0. The van der Waals surface area contributed by atoms with Gasteiger partial charge < -0.3 is 9.13 Å². The van der Waals surface area contributed by atoms with E-state index in [1.54, 1.807) is 0 Å². The average molecular weight is 779 g/mol. The van der Waals surface area contributed by atoms with Gasteiger partial charge in [-0.1, -0.05) is 123 Å². The predicted molar refractivity (Wildman–Crippen MR) is 255 cm³/mol. The molecule has 9 rings (SSSR count). The van der Waals surface area contributed by atoms with E-state index in [1.165, 1.54) is 44.4 Å². The Bertz CT molecular complexity index is 2820. The fourth-order valence-corrected chi connectivity index (χ4v) is 7.99. The smallest absolute Gasteiger partial charge is 0.0550 e. The first kappa shape index (κ1) is 39.5. The van der Waals surface area contributed by atoms with Crippen molar-refractivity contribution >= 4 is 28.6 Å². The zero-order valence-corrected chi connectivity index (χ0v) is 35.0. The molecule has 4 aromatic carbocycles. The molecule has 0 fully saturated rings. The highest BCUT2D eigenvalue weighted by Crippen LogP contribution is 2.38. The number of pyridine rings is 2. The largest absolute Gasteiger partial charge is 0.309 e. The van der Waals surface area contributed by atoms with E-state index in [4.69, 9.17) is 0 Å². The van der Waals surface area contributed by atoms with Crippen molar-refractivity contribution in [2.24, 2.45) is 0 Å². The van der Waals surface area contributed by atoms with Gasteiger partial charge in [-0.05, 0) is 127 Å². The van der Waals surface area contributed by atoms with Gasteiger partial charge in [0, 0.05) is 64.2 Å². The van der Waals surface area contributed by atoms with Crippen LogP contribution in [0.2, 0.25) is 0 Å². The van der Waals surface area contributed by atoms with Crippen LogP contribution in [0.4, 0.5) is 0 Å². The van der Waals surface area contributed by atoms with Crippen molar-refractivity contribution in [1.82, 2.24) is 19.1 Å². The van der Waals surface area contributed by atoms with Crippen LogP contribution in [-0.4, -0.2) is 19.1 Å². The van der Waals surface area contributed by atoms with E-state index in [-0.39, 0.29) is 5.92 Å². The number of hydrogen-bond donors (Lipinski definition) is 0. The molecule has 0 N–H and O–H groups in total. The van der Waals surface area contributed by atoms with E-state index in [2.05, 4.69) is 197 Å². The van der Waals surface area contributed by atoms with Gasteiger partial charge in [0.15, 0.2) is 0 Å². The van der Waals surface area contributed by atoms with Gasteiger partial charge in [0.25, 0.3) is 0 Å². The maximum absolute atomic E-state index is 4.41. The first-order valence-electron chi connectivity index (χ1n) is 20.8. The van der Waals surface area contributed by atoms with Crippen LogP contribution in [-0.2, 0) is 0 Å². The van der Waals surface area contributed by atoms with Crippen molar-refractivity contribution in [2.75, 3.05) is 0 Å². The van der Waals surface area contributed by atoms with E-state index >= 15 is 0 Å². The molecule has 1 aliphatic carbocycles. The lowest BCUT2D eigenvalue weighted by atomic mass is 9.97. The third-order valence-corrected chi connectivity index (χ3v) is 11.0. The molecule has 60 heavy (non-hydrogen) atoms. The van der Waals surface area contributed by atoms with Crippen molar-refractivity contribution in [3.8, 4) is 45.0 Å². The third-order valence-electron chi connectivity index (χ3n) is 11.0. The zero-order chi connectivity index (χ0) is 41.6. The van der Waals surface area contributed by atoms with Crippen molar-refractivity contribution in [3.63, 3.8) is 0 Å². The van der Waals surface area contributed by atoms with Crippen LogP contribution < -0.4 is 0 Å². The Hall–Kier alpha value is -7.30.